The van der Waals surface area contributed by atoms with Crippen LogP contribution in [0.5, 0.6) is 0 Å². The van der Waals surface area contributed by atoms with Gasteiger partial charge in [-0.1, -0.05) is 23.7 Å². The molecule has 20 heavy (non-hydrogen) atoms. The molecule has 0 bridgehead atoms. The Balaban J connectivity index is 2.08. The van der Waals surface area contributed by atoms with Crippen LogP contribution >= 0.6 is 11.6 Å². The molecule has 0 aromatic heterocycles. The van der Waals surface area contributed by atoms with Gasteiger partial charge in [0.1, 0.15) is 5.82 Å². The molecule has 1 atom stereocenters. The topological polar surface area (TPSA) is 12.0 Å². The summed E-state index contributed by atoms with van der Waals surface area (Å²) in [7, 11) is 0. The van der Waals surface area contributed by atoms with Crippen LogP contribution < -0.4 is 5.32 Å². The fourth-order valence-electron chi connectivity index (χ4n) is 1.86. The van der Waals surface area contributed by atoms with Crippen LogP contribution in [0.15, 0.2) is 36.4 Å². The summed E-state index contributed by atoms with van der Waals surface area (Å²) in [5, 5.41) is 3.36. The number of halogens is 4. The molecular weight excluding hydrogens is 287 g/mol. The Bertz CT molecular complexity index is 596. The van der Waals surface area contributed by atoms with Gasteiger partial charge in [0.15, 0.2) is 11.6 Å². The van der Waals surface area contributed by atoms with E-state index in [4.69, 9.17) is 11.6 Å². The van der Waals surface area contributed by atoms with Gasteiger partial charge in [-0.3, -0.25) is 0 Å². The van der Waals surface area contributed by atoms with Gasteiger partial charge in [0.05, 0.1) is 0 Å². The molecule has 0 aliphatic rings. The van der Waals surface area contributed by atoms with Crippen molar-refractivity contribution in [3.05, 3.63) is 70.0 Å². The van der Waals surface area contributed by atoms with Gasteiger partial charge in [0.2, 0.25) is 0 Å². The van der Waals surface area contributed by atoms with Crippen molar-refractivity contribution in [2.75, 3.05) is 0 Å². The molecule has 0 fully saturated rings. The summed E-state index contributed by atoms with van der Waals surface area (Å²) in [6, 6.07) is 7.86. The zero-order chi connectivity index (χ0) is 14.7. The maximum atomic E-state index is 13.6. The third-order valence-electron chi connectivity index (χ3n) is 3.09. The van der Waals surface area contributed by atoms with Gasteiger partial charge < -0.3 is 5.32 Å². The van der Waals surface area contributed by atoms with Crippen molar-refractivity contribution in [3.63, 3.8) is 0 Å². The largest absolute Gasteiger partial charge is 0.306 e. The van der Waals surface area contributed by atoms with Gasteiger partial charge in [0.25, 0.3) is 0 Å². The first-order valence-corrected chi connectivity index (χ1v) is 6.48. The van der Waals surface area contributed by atoms with E-state index in [0.717, 1.165) is 12.1 Å². The highest BCUT2D eigenvalue weighted by atomic mass is 35.5. The molecule has 0 saturated carbocycles. The maximum Gasteiger partial charge on any atom is 0.159 e. The summed E-state index contributed by atoms with van der Waals surface area (Å²) < 4.78 is 39.6. The van der Waals surface area contributed by atoms with Crippen LogP contribution in [-0.4, -0.2) is 0 Å². The third kappa shape index (κ3) is 3.32. The predicted octanol–water partition coefficient (Wildman–Crippen LogP) is 4.61. The molecule has 1 nitrogen and oxygen atoms in total. The summed E-state index contributed by atoms with van der Waals surface area (Å²) in [5.41, 5.74) is 0.931. The molecule has 2 aromatic rings. The van der Waals surface area contributed by atoms with Crippen molar-refractivity contribution in [1.29, 1.82) is 0 Å². The quantitative estimate of drug-likeness (QED) is 0.869. The smallest absolute Gasteiger partial charge is 0.159 e. The summed E-state index contributed by atoms with van der Waals surface area (Å²) in [6.07, 6.45) is 0. The zero-order valence-corrected chi connectivity index (χ0v) is 11.5. The zero-order valence-electron chi connectivity index (χ0n) is 10.8. The number of nitrogens with one attached hydrogen (secondary N) is 1. The van der Waals surface area contributed by atoms with Crippen molar-refractivity contribution in [2.24, 2.45) is 0 Å². The number of hydrogen-bond donors (Lipinski definition) is 1. The van der Waals surface area contributed by atoms with Crippen molar-refractivity contribution in [1.82, 2.24) is 5.32 Å². The Morgan fingerprint density at radius 2 is 1.80 bits per heavy atom. The van der Waals surface area contributed by atoms with E-state index in [-0.39, 0.29) is 12.6 Å². The SMILES string of the molecule is CC(NCc1c(F)cccc1Cl)c1ccc(F)c(F)c1. The lowest BCUT2D eigenvalue weighted by atomic mass is 10.1. The molecule has 5 heteroatoms. The molecule has 0 saturated heterocycles. The van der Waals surface area contributed by atoms with Crippen LogP contribution in [0.1, 0.15) is 24.1 Å². The van der Waals surface area contributed by atoms with E-state index in [0.29, 0.717) is 16.1 Å². The molecule has 1 N–H and O–H groups in total. The predicted molar refractivity (Wildman–Crippen MR) is 73.0 cm³/mol. The van der Waals surface area contributed by atoms with Crippen LogP contribution in [0.25, 0.3) is 0 Å². The van der Waals surface area contributed by atoms with Crippen LogP contribution in [0.2, 0.25) is 5.02 Å². The van der Waals surface area contributed by atoms with Gasteiger partial charge >= 0.3 is 0 Å². The fourth-order valence-corrected chi connectivity index (χ4v) is 2.09. The Labute approximate surface area is 120 Å². The monoisotopic (exact) mass is 299 g/mol. The Morgan fingerprint density at radius 1 is 1.05 bits per heavy atom. The van der Waals surface area contributed by atoms with Gasteiger partial charge in [-0.2, -0.15) is 0 Å². The van der Waals surface area contributed by atoms with E-state index in [1.165, 1.54) is 18.2 Å². The summed E-state index contributed by atoms with van der Waals surface area (Å²) in [4.78, 5) is 0. The van der Waals surface area contributed by atoms with Crippen molar-refractivity contribution >= 4 is 11.6 Å². The third-order valence-corrected chi connectivity index (χ3v) is 3.44. The molecule has 2 rings (SSSR count). The highest BCUT2D eigenvalue weighted by molar-refractivity contribution is 6.31. The van der Waals surface area contributed by atoms with Crippen LogP contribution in [-0.2, 0) is 6.54 Å². The van der Waals surface area contributed by atoms with E-state index in [9.17, 15) is 13.2 Å². The molecular formula is C15H13ClF3N. The van der Waals surface area contributed by atoms with E-state index in [2.05, 4.69) is 5.32 Å². The van der Waals surface area contributed by atoms with E-state index in [1.807, 2.05) is 0 Å². The molecule has 0 radical (unpaired) electrons. The standard InChI is InChI=1S/C15H13ClF3N/c1-9(10-5-6-14(18)15(19)7-10)20-8-11-12(16)3-2-4-13(11)17/h2-7,9,20H,8H2,1H3. The van der Waals surface area contributed by atoms with Gasteiger partial charge in [0, 0.05) is 23.2 Å². The average molecular weight is 300 g/mol. The summed E-state index contributed by atoms with van der Waals surface area (Å²) >= 11 is 5.92. The van der Waals surface area contributed by atoms with E-state index < -0.39 is 17.5 Å². The Hall–Kier alpha value is -1.52. The van der Waals surface area contributed by atoms with Crippen molar-refractivity contribution in [3.8, 4) is 0 Å². The lowest BCUT2D eigenvalue weighted by Gasteiger charge is -2.15. The molecule has 0 heterocycles. The fraction of sp³-hybridized carbons (Fsp3) is 0.200. The molecule has 0 aliphatic heterocycles. The molecule has 0 amide bonds. The highest BCUT2D eigenvalue weighted by Crippen LogP contribution is 2.21. The molecule has 106 valence electrons. The number of benzene rings is 2. The van der Waals surface area contributed by atoms with E-state index in [1.54, 1.807) is 13.0 Å². The average Bonchev–Trinajstić information content (AvgIpc) is 2.41. The second kappa shape index (κ2) is 6.29. The minimum absolute atomic E-state index is 0.200. The summed E-state index contributed by atoms with van der Waals surface area (Å²) in [6.45, 7) is 1.98. The van der Waals surface area contributed by atoms with Gasteiger partial charge in [-0.05, 0) is 36.8 Å². The maximum absolute atomic E-state index is 13.6. The van der Waals surface area contributed by atoms with E-state index >= 15 is 0 Å². The summed E-state index contributed by atoms with van der Waals surface area (Å²) in [5.74, 6) is -2.19. The number of rotatable bonds is 4. The molecule has 0 spiro atoms. The van der Waals surface area contributed by atoms with Crippen molar-refractivity contribution < 1.29 is 13.2 Å². The first-order chi connectivity index (χ1) is 9.49. The first-order valence-electron chi connectivity index (χ1n) is 6.10. The van der Waals surface area contributed by atoms with Crippen LogP contribution in [0.4, 0.5) is 13.2 Å². The van der Waals surface area contributed by atoms with Gasteiger partial charge in [-0.25, -0.2) is 13.2 Å². The highest BCUT2D eigenvalue weighted by Gasteiger charge is 2.11. The Morgan fingerprint density at radius 3 is 2.45 bits per heavy atom. The van der Waals surface area contributed by atoms with Crippen molar-refractivity contribution in [2.45, 2.75) is 19.5 Å². The van der Waals surface area contributed by atoms with Crippen LogP contribution in [0.3, 0.4) is 0 Å². The van der Waals surface area contributed by atoms with Crippen LogP contribution in [0, 0.1) is 17.5 Å². The van der Waals surface area contributed by atoms with Gasteiger partial charge in [-0.15, -0.1) is 0 Å². The second-order valence-electron chi connectivity index (χ2n) is 4.48. The molecule has 2 aromatic carbocycles. The second-order valence-corrected chi connectivity index (χ2v) is 4.88. The Kier molecular flexibility index (Phi) is 4.68. The minimum atomic E-state index is -0.903. The number of hydrogen-bond acceptors (Lipinski definition) is 1. The molecule has 1 unspecified atom stereocenters. The first kappa shape index (κ1) is 14.9. The lowest BCUT2D eigenvalue weighted by Crippen LogP contribution is -2.19. The minimum Gasteiger partial charge on any atom is -0.306 e. The lowest BCUT2D eigenvalue weighted by molar-refractivity contribution is 0.499. The molecule has 0 aliphatic carbocycles. The normalized spacial score (nSPS) is 12.4.